The predicted octanol–water partition coefficient (Wildman–Crippen LogP) is 2.91. The molecule has 6 heteroatoms. The minimum Gasteiger partial charge on any atom is -0.497 e. The molecular weight excluding hydrogens is 316 g/mol. The largest absolute Gasteiger partial charge is 0.497 e. The zero-order valence-corrected chi connectivity index (χ0v) is 14.3. The average Bonchev–Trinajstić information content (AvgIpc) is 2.82. The monoisotopic (exact) mass is 336 g/mol. The van der Waals surface area contributed by atoms with Gasteiger partial charge < -0.3 is 9.64 Å². The molecule has 0 aromatic heterocycles. The molecule has 1 atom stereocenters. The molecule has 0 spiro atoms. The van der Waals surface area contributed by atoms with Crippen LogP contribution in [0, 0.1) is 0 Å². The summed E-state index contributed by atoms with van der Waals surface area (Å²) in [7, 11) is 1.63. The SMILES string of the molecule is COc1ccc(N2C(=O)C(CN3CCCCC3)SC2=S)cc1. The predicted molar refractivity (Wildman–Crippen MR) is 94.7 cm³/mol. The Morgan fingerprint density at radius 1 is 1.23 bits per heavy atom. The second-order valence-electron chi connectivity index (χ2n) is 5.61. The Hall–Kier alpha value is -1.11. The van der Waals surface area contributed by atoms with Gasteiger partial charge in [0.15, 0.2) is 0 Å². The molecule has 0 bridgehead atoms. The summed E-state index contributed by atoms with van der Waals surface area (Å²) < 4.78 is 5.81. The maximum Gasteiger partial charge on any atom is 0.247 e. The minimum atomic E-state index is -0.0762. The first-order valence-electron chi connectivity index (χ1n) is 7.60. The quantitative estimate of drug-likeness (QED) is 0.790. The third kappa shape index (κ3) is 3.29. The van der Waals surface area contributed by atoms with Crippen LogP contribution in [0.15, 0.2) is 24.3 Å². The Morgan fingerprint density at radius 3 is 2.55 bits per heavy atom. The van der Waals surface area contributed by atoms with Crippen LogP contribution in [0.25, 0.3) is 0 Å². The molecule has 1 unspecified atom stereocenters. The number of likely N-dealkylation sites (tertiary alicyclic amines) is 1. The molecule has 2 aliphatic rings. The lowest BCUT2D eigenvalue weighted by molar-refractivity contribution is -0.117. The minimum absolute atomic E-state index is 0.0762. The van der Waals surface area contributed by atoms with E-state index in [1.165, 1.54) is 31.0 Å². The number of benzene rings is 1. The molecule has 1 aromatic carbocycles. The van der Waals surface area contributed by atoms with E-state index in [-0.39, 0.29) is 11.2 Å². The Morgan fingerprint density at radius 2 is 1.91 bits per heavy atom. The van der Waals surface area contributed by atoms with Gasteiger partial charge in [-0.1, -0.05) is 30.4 Å². The Bertz CT molecular complexity index is 556. The van der Waals surface area contributed by atoms with Crippen LogP contribution in [0.1, 0.15) is 19.3 Å². The van der Waals surface area contributed by atoms with Crippen LogP contribution >= 0.6 is 24.0 Å². The van der Waals surface area contributed by atoms with Crippen LogP contribution in [0.2, 0.25) is 0 Å². The van der Waals surface area contributed by atoms with Gasteiger partial charge in [-0.3, -0.25) is 9.69 Å². The molecule has 118 valence electrons. The summed E-state index contributed by atoms with van der Waals surface area (Å²) in [6, 6.07) is 7.47. The van der Waals surface area contributed by atoms with Crippen LogP contribution in [0.5, 0.6) is 5.75 Å². The van der Waals surface area contributed by atoms with Crippen molar-refractivity contribution >= 4 is 39.9 Å². The van der Waals surface area contributed by atoms with Crippen LogP contribution in [-0.4, -0.2) is 47.1 Å². The fourth-order valence-electron chi connectivity index (χ4n) is 2.91. The number of hydrogen-bond donors (Lipinski definition) is 0. The molecule has 22 heavy (non-hydrogen) atoms. The van der Waals surface area contributed by atoms with Gasteiger partial charge in [0.05, 0.1) is 12.8 Å². The van der Waals surface area contributed by atoms with Crippen LogP contribution < -0.4 is 9.64 Å². The highest BCUT2D eigenvalue weighted by molar-refractivity contribution is 8.25. The van der Waals surface area contributed by atoms with Gasteiger partial charge in [0.2, 0.25) is 5.91 Å². The molecule has 2 saturated heterocycles. The first kappa shape index (κ1) is 15.8. The summed E-state index contributed by atoms with van der Waals surface area (Å²) in [6.45, 7) is 3.00. The second kappa shape index (κ2) is 6.98. The van der Waals surface area contributed by atoms with Crippen LogP contribution in [0.3, 0.4) is 0 Å². The standard InChI is InChI=1S/C16H20N2O2S2/c1-20-13-7-5-12(6-8-13)18-15(19)14(22-16(18)21)11-17-9-3-2-4-10-17/h5-8,14H,2-4,9-11H2,1H3. The Kier molecular flexibility index (Phi) is 5.00. The van der Waals surface area contributed by atoms with E-state index < -0.39 is 0 Å². The van der Waals surface area contributed by atoms with Gasteiger partial charge in [0.1, 0.15) is 15.3 Å². The third-order valence-corrected chi connectivity index (χ3v) is 5.62. The fraction of sp³-hybridized carbons (Fsp3) is 0.500. The summed E-state index contributed by atoms with van der Waals surface area (Å²) in [4.78, 5) is 16.8. The van der Waals surface area contributed by atoms with E-state index in [9.17, 15) is 4.79 Å². The Balaban J connectivity index is 1.70. The van der Waals surface area contributed by atoms with Gasteiger partial charge in [-0.2, -0.15) is 0 Å². The van der Waals surface area contributed by atoms with E-state index in [4.69, 9.17) is 17.0 Å². The van der Waals surface area contributed by atoms with Crippen molar-refractivity contribution in [2.75, 3.05) is 31.6 Å². The number of thiocarbonyl (C=S) groups is 1. The molecule has 4 nitrogen and oxygen atoms in total. The average molecular weight is 336 g/mol. The van der Waals surface area contributed by atoms with Crippen LogP contribution in [0.4, 0.5) is 5.69 Å². The maximum absolute atomic E-state index is 12.7. The summed E-state index contributed by atoms with van der Waals surface area (Å²) >= 11 is 6.94. The van der Waals surface area contributed by atoms with Gasteiger partial charge in [0.25, 0.3) is 0 Å². The number of hydrogen-bond acceptors (Lipinski definition) is 5. The maximum atomic E-state index is 12.7. The number of methoxy groups -OCH3 is 1. The number of nitrogens with zero attached hydrogens (tertiary/aromatic N) is 2. The molecule has 1 amide bonds. The smallest absolute Gasteiger partial charge is 0.247 e. The highest BCUT2D eigenvalue weighted by atomic mass is 32.2. The molecule has 0 saturated carbocycles. The number of carbonyl (C=O) groups excluding carboxylic acids is 1. The second-order valence-corrected chi connectivity index (χ2v) is 7.44. The molecule has 1 aromatic rings. The first-order chi connectivity index (χ1) is 10.7. The topological polar surface area (TPSA) is 32.8 Å². The van der Waals surface area contributed by atoms with Crippen molar-refractivity contribution in [2.45, 2.75) is 24.5 Å². The van der Waals surface area contributed by atoms with Crippen molar-refractivity contribution in [1.82, 2.24) is 4.90 Å². The van der Waals surface area contributed by atoms with E-state index in [2.05, 4.69) is 4.90 Å². The molecule has 0 N–H and O–H groups in total. The van der Waals surface area contributed by atoms with E-state index in [0.29, 0.717) is 4.32 Å². The normalized spacial score (nSPS) is 23.1. The molecule has 0 aliphatic carbocycles. The van der Waals surface area contributed by atoms with E-state index >= 15 is 0 Å². The van der Waals surface area contributed by atoms with Crippen molar-refractivity contribution in [2.24, 2.45) is 0 Å². The molecule has 3 rings (SSSR count). The zero-order valence-electron chi connectivity index (χ0n) is 12.7. The number of rotatable bonds is 4. The summed E-state index contributed by atoms with van der Waals surface area (Å²) in [6.07, 6.45) is 3.77. The lowest BCUT2D eigenvalue weighted by Gasteiger charge is -2.27. The van der Waals surface area contributed by atoms with Crippen LogP contribution in [-0.2, 0) is 4.79 Å². The van der Waals surface area contributed by atoms with Crippen molar-refractivity contribution < 1.29 is 9.53 Å². The third-order valence-electron chi connectivity index (χ3n) is 4.12. The van der Waals surface area contributed by atoms with E-state index in [1.807, 2.05) is 24.3 Å². The van der Waals surface area contributed by atoms with E-state index in [0.717, 1.165) is 31.1 Å². The molecule has 2 fully saturated rings. The highest BCUT2D eigenvalue weighted by Gasteiger charge is 2.38. The molecular formula is C16H20N2O2S2. The van der Waals surface area contributed by atoms with Gasteiger partial charge in [-0.05, 0) is 50.2 Å². The lowest BCUT2D eigenvalue weighted by Crippen LogP contribution is -2.40. The fourth-order valence-corrected chi connectivity index (χ4v) is 4.49. The number of ether oxygens (including phenoxy) is 1. The summed E-state index contributed by atoms with van der Waals surface area (Å²) in [5.41, 5.74) is 0.824. The van der Waals surface area contributed by atoms with Gasteiger partial charge in [-0.15, -0.1) is 0 Å². The lowest BCUT2D eigenvalue weighted by atomic mass is 10.1. The number of carbonyl (C=O) groups is 1. The summed E-state index contributed by atoms with van der Waals surface area (Å²) in [5, 5.41) is -0.0762. The van der Waals surface area contributed by atoms with Crippen molar-refractivity contribution in [3.05, 3.63) is 24.3 Å². The number of thioether (sulfide) groups is 1. The van der Waals surface area contributed by atoms with Gasteiger partial charge >= 0.3 is 0 Å². The number of amides is 1. The number of anilines is 1. The van der Waals surface area contributed by atoms with Crippen molar-refractivity contribution in [3.8, 4) is 5.75 Å². The number of piperidine rings is 1. The first-order valence-corrected chi connectivity index (χ1v) is 8.89. The summed E-state index contributed by atoms with van der Waals surface area (Å²) in [5.74, 6) is 0.879. The molecule has 0 radical (unpaired) electrons. The van der Waals surface area contributed by atoms with Gasteiger partial charge in [0, 0.05) is 6.54 Å². The molecule has 2 heterocycles. The zero-order chi connectivity index (χ0) is 15.5. The van der Waals surface area contributed by atoms with Crippen molar-refractivity contribution in [3.63, 3.8) is 0 Å². The van der Waals surface area contributed by atoms with E-state index in [1.54, 1.807) is 12.0 Å². The van der Waals surface area contributed by atoms with Gasteiger partial charge in [-0.25, -0.2) is 0 Å². The Labute approximate surface area is 140 Å². The highest BCUT2D eigenvalue weighted by Crippen LogP contribution is 2.33. The van der Waals surface area contributed by atoms with Crippen molar-refractivity contribution in [1.29, 1.82) is 0 Å². The molecule has 2 aliphatic heterocycles.